The van der Waals surface area contributed by atoms with Crippen LogP contribution in [0.5, 0.6) is 0 Å². The van der Waals surface area contributed by atoms with Gasteiger partial charge in [-0.3, -0.25) is 0 Å². The molecular formula is C10H19NO. The van der Waals surface area contributed by atoms with E-state index in [2.05, 4.69) is 13.8 Å². The minimum absolute atomic E-state index is 0.217. The lowest BCUT2D eigenvalue weighted by Crippen LogP contribution is -2.47. The maximum Gasteiger partial charge on any atom is 0.0750 e. The number of nitrogens with two attached hydrogens (primary N) is 1. The quantitative estimate of drug-likeness (QED) is 0.651. The van der Waals surface area contributed by atoms with Crippen LogP contribution in [0.3, 0.4) is 0 Å². The van der Waals surface area contributed by atoms with E-state index in [9.17, 15) is 5.11 Å². The van der Waals surface area contributed by atoms with Crippen LogP contribution < -0.4 is 5.73 Å². The summed E-state index contributed by atoms with van der Waals surface area (Å²) in [6.07, 6.45) is 3.13. The van der Waals surface area contributed by atoms with E-state index >= 15 is 0 Å². The largest absolute Gasteiger partial charge is 0.391 e. The smallest absolute Gasteiger partial charge is 0.0750 e. The Labute approximate surface area is 74.1 Å². The molecule has 2 saturated carbocycles. The van der Waals surface area contributed by atoms with Gasteiger partial charge in [0.25, 0.3) is 0 Å². The molecule has 0 spiro atoms. The third-order valence-electron chi connectivity index (χ3n) is 3.82. The summed E-state index contributed by atoms with van der Waals surface area (Å²) in [6.45, 7) is 4.37. The molecule has 0 bridgehead atoms. The average Bonchev–Trinajstić information content (AvgIpc) is 2.54. The fourth-order valence-corrected chi connectivity index (χ4v) is 2.54. The van der Waals surface area contributed by atoms with Crippen molar-refractivity contribution in [3.63, 3.8) is 0 Å². The van der Waals surface area contributed by atoms with Crippen molar-refractivity contribution in [2.24, 2.45) is 23.5 Å². The van der Waals surface area contributed by atoms with Crippen molar-refractivity contribution in [1.82, 2.24) is 0 Å². The van der Waals surface area contributed by atoms with Crippen molar-refractivity contribution >= 4 is 0 Å². The van der Waals surface area contributed by atoms with Crippen LogP contribution in [-0.2, 0) is 0 Å². The molecular weight excluding hydrogens is 150 g/mol. The maximum absolute atomic E-state index is 9.93. The second kappa shape index (κ2) is 2.46. The first-order valence-corrected chi connectivity index (χ1v) is 5.01. The normalized spacial score (nSPS) is 54.5. The Balaban J connectivity index is 1.89. The van der Waals surface area contributed by atoms with Crippen LogP contribution in [0.15, 0.2) is 0 Å². The molecule has 2 nitrogen and oxygen atoms in total. The van der Waals surface area contributed by atoms with Crippen LogP contribution in [0, 0.1) is 17.8 Å². The van der Waals surface area contributed by atoms with Crippen molar-refractivity contribution in [3.05, 3.63) is 0 Å². The van der Waals surface area contributed by atoms with Gasteiger partial charge in [-0.2, -0.15) is 0 Å². The number of aliphatic hydroxyl groups is 1. The van der Waals surface area contributed by atoms with Crippen LogP contribution in [0.1, 0.15) is 33.1 Å². The van der Waals surface area contributed by atoms with Crippen molar-refractivity contribution < 1.29 is 5.11 Å². The summed E-state index contributed by atoms with van der Waals surface area (Å²) in [7, 11) is 0. The summed E-state index contributed by atoms with van der Waals surface area (Å²) >= 11 is 0. The van der Waals surface area contributed by atoms with Gasteiger partial charge in [0, 0.05) is 5.54 Å². The highest BCUT2D eigenvalue weighted by molar-refractivity contribution is 5.12. The van der Waals surface area contributed by atoms with Crippen LogP contribution in [0.4, 0.5) is 0 Å². The Hall–Kier alpha value is -0.0800. The van der Waals surface area contributed by atoms with Gasteiger partial charge in [-0.05, 0) is 37.0 Å². The molecule has 0 aliphatic heterocycles. The molecule has 0 radical (unpaired) electrons. The SMILES string of the molecule is CC1CC([C@H](O)C2(N)C[C@@H]2C)C1. The van der Waals surface area contributed by atoms with Gasteiger partial charge in [-0.15, -0.1) is 0 Å². The van der Waals surface area contributed by atoms with Crippen molar-refractivity contribution in [1.29, 1.82) is 0 Å². The van der Waals surface area contributed by atoms with Crippen molar-refractivity contribution in [3.8, 4) is 0 Å². The summed E-state index contributed by atoms with van der Waals surface area (Å²) in [5.41, 5.74) is 5.82. The zero-order valence-electron chi connectivity index (χ0n) is 7.96. The van der Waals surface area contributed by atoms with Gasteiger partial charge in [0.1, 0.15) is 0 Å². The van der Waals surface area contributed by atoms with E-state index in [0.29, 0.717) is 11.8 Å². The van der Waals surface area contributed by atoms with Crippen molar-refractivity contribution in [2.75, 3.05) is 0 Å². The molecule has 0 amide bonds. The Morgan fingerprint density at radius 2 is 1.92 bits per heavy atom. The van der Waals surface area contributed by atoms with E-state index in [1.165, 1.54) is 12.8 Å². The van der Waals surface area contributed by atoms with Crippen LogP contribution in [-0.4, -0.2) is 16.7 Å². The van der Waals surface area contributed by atoms with Gasteiger partial charge in [-0.1, -0.05) is 13.8 Å². The molecule has 2 aliphatic carbocycles. The first kappa shape index (κ1) is 8.52. The van der Waals surface area contributed by atoms with E-state index in [4.69, 9.17) is 5.73 Å². The molecule has 0 saturated heterocycles. The topological polar surface area (TPSA) is 46.2 Å². The molecule has 70 valence electrons. The molecule has 2 aliphatic rings. The van der Waals surface area contributed by atoms with Gasteiger partial charge in [0.15, 0.2) is 0 Å². The first-order valence-electron chi connectivity index (χ1n) is 5.01. The molecule has 12 heavy (non-hydrogen) atoms. The van der Waals surface area contributed by atoms with E-state index in [-0.39, 0.29) is 11.6 Å². The zero-order valence-corrected chi connectivity index (χ0v) is 7.96. The van der Waals surface area contributed by atoms with Gasteiger partial charge in [0.05, 0.1) is 6.10 Å². The standard InChI is InChI=1S/C10H19NO/c1-6-3-8(4-6)9(12)10(11)5-7(10)2/h6-9,12H,3-5,11H2,1-2H3/t6?,7-,8?,9-,10?/m0/s1. The highest BCUT2D eigenvalue weighted by atomic mass is 16.3. The number of hydrogen-bond acceptors (Lipinski definition) is 2. The Morgan fingerprint density at radius 1 is 1.42 bits per heavy atom. The molecule has 1 unspecified atom stereocenters. The maximum atomic E-state index is 9.93. The molecule has 3 atom stereocenters. The number of rotatable bonds is 2. The molecule has 0 aromatic carbocycles. The third-order valence-corrected chi connectivity index (χ3v) is 3.82. The Morgan fingerprint density at radius 3 is 2.25 bits per heavy atom. The van der Waals surface area contributed by atoms with E-state index in [0.717, 1.165) is 12.3 Å². The zero-order chi connectivity index (χ0) is 8.93. The van der Waals surface area contributed by atoms with Crippen LogP contribution in [0.2, 0.25) is 0 Å². The summed E-state index contributed by atoms with van der Waals surface area (Å²) in [4.78, 5) is 0. The highest BCUT2D eigenvalue weighted by Crippen LogP contribution is 2.49. The predicted octanol–water partition coefficient (Wildman–Crippen LogP) is 1.13. The van der Waals surface area contributed by atoms with Gasteiger partial charge in [0.2, 0.25) is 0 Å². The number of hydrogen-bond donors (Lipinski definition) is 2. The third kappa shape index (κ3) is 1.09. The molecule has 2 rings (SSSR count). The monoisotopic (exact) mass is 169 g/mol. The molecule has 0 aromatic heterocycles. The van der Waals surface area contributed by atoms with Crippen molar-refractivity contribution in [2.45, 2.75) is 44.8 Å². The van der Waals surface area contributed by atoms with Crippen LogP contribution in [0.25, 0.3) is 0 Å². The molecule has 2 fully saturated rings. The second-order valence-corrected chi connectivity index (χ2v) is 5.00. The summed E-state index contributed by atoms with van der Waals surface area (Å²) in [5, 5.41) is 9.93. The fraction of sp³-hybridized carbons (Fsp3) is 1.00. The molecule has 0 heterocycles. The summed E-state index contributed by atoms with van der Waals surface area (Å²) in [5.74, 6) is 1.83. The summed E-state index contributed by atoms with van der Waals surface area (Å²) < 4.78 is 0. The summed E-state index contributed by atoms with van der Waals surface area (Å²) in [6, 6.07) is 0. The Kier molecular flexibility index (Phi) is 1.74. The predicted molar refractivity (Wildman–Crippen MR) is 48.6 cm³/mol. The Bertz CT molecular complexity index is 188. The number of aliphatic hydroxyl groups excluding tert-OH is 1. The lowest BCUT2D eigenvalue weighted by Gasteiger charge is -2.39. The second-order valence-electron chi connectivity index (χ2n) is 5.00. The minimum Gasteiger partial charge on any atom is -0.391 e. The first-order chi connectivity index (χ1) is 5.54. The highest BCUT2D eigenvalue weighted by Gasteiger charge is 2.56. The van der Waals surface area contributed by atoms with E-state index in [1.54, 1.807) is 0 Å². The fourth-order valence-electron chi connectivity index (χ4n) is 2.54. The van der Waals surface area contributed by atoms with Gasteiger partial charge >= 0.3 is 0 Å². The van der Waals surface area contributed by atoms with Gasteiger partial charge in [-0.25, -0.2) is 0 Å². The van der Waals surface area contributed by atoms with E-state index in [1.807, 2.05) is 0 Å². The molecule has 0 aromatic rings. The van der Waals surface area contributed by atoms with E-state index < -0.39 is 0 Å². The average molecular weight is 169 g/mol. The minimum atomic E-state index is -0.233. The van der Waals surface area contributed by atoms with Crippen LogP contribution >= 0.6 is 0 Å². The van der Waals surface area contributed by atoms with Gasteiger partial charge < -0.3 is 10.8 Å². The molecule has 2 heteroatoms. The molecule has 3 N–H and O–H groups in total. The lowest BCUT2D eigenvalue weighted by atomic mass is 9.71. The lowest BCUT2D eigenvalue weighted by molar-refractivity contribution is 0.00562.